The summed E-state index contributed by atoms with van der Waals surface area (Å²) in [5, 5.41) is 2.70. The smallest absolute Gasteiger partial charge is 0.246 e. The molecule has 0 aliphatic carbocycles. The predicted molar refractivity (Wildman–Crippen MR) is 85.7 cm³/mol. The first-order valence-corrected chi connectivity index (χ1v) is 7.46. The lowest BCUT2D eigenvalue weighted by atomic mass is 10.1. The van der Waals surface area contributed by atoms with E-state index in [9.17, 15) is 9.18 Å². The molecule has 0 saturated heterocycles. The van der Waals surface area contributed by atoms with Crippen molar-refractivity contribution in [2.24, 2.45) is 0 Å². The van der Waals surface area contributed by atoms with Crippen LogP contribution in [0.2, 0.25) is 0 Å². The number of halogens is 1. The van der Waals surface area contributed by atoms with Gasteiger partial charge in [-0.05, 0) is 25.1 Å². The van der Waals surface area contributed by atoms with E-state index < -0.39 is 6.04 Å². The van der Waals surface area contributed by atoms with Gasteiger partial charge in [0, 0.05) is 5.56 Å². The molecule has 4 nitrogen and oxygen atoms in total. The largest absolute Gasteiger partial charge is 0.491 e. The highest BCUT2D eigenvalue weighted by molar-refractivity contribution is 5.77. The van der Waals surface area contributed by atoms with Crippen LogP contribution in [0, 0.1) is 5.82 Å². The summed E-state index contributed by atoms with van der Waals surface area (Å²) in [6, 6.07) is 15.3. The summed E-state index contributed by atoms with van der Waals surface area (Å²) in [6.45, 7) is 2.31. The van der Waals surface area contributed by atoms with Crippen LogP contribution in [0.5, 0.6) is 5.75 Å². The van der Waals surface area contributed by atoms with Gasteiger partial charge in [-0.3, -0.25) is 4.79 Å². The van der Waals surface area contributed by atoms with E-state index in [2.05, 4.69) is 5.32 Å². The van der Waals surface area contributed by atoms with Gasteiger partial charge in [0.25, 0.3) is 0 Å². The Balaban J connectivity index is 1.64. The quantitative estimate of drug-likeness (QED) is 0.761. The van der Waals surface area contributed by atoms with Crippen LogP contribution in [0.4, 0.5) is 4.39 Å². The van der Waals surface area contributed by atoms with Gasteiger partial charge in [-0.1, -0.05) is 36.4 Å². The molecule has 0 aromatic heterocycles. The number of rotatable bonds is 8. The fraction of sp³-hybridized carbons (Fsp3) is 0.278. The van der Waals surface area contributed by atoms with E-state index in [0.29, 0.717) is 18.8 Å². The first kappa shape index (κ1) is 17.0. The van der Waals surface area contributed by atoms with Gasteiger partial charge < -0.3 is 14.8 Å². The van der Waals surface area contributed by atoms with Crippen LogP contribution in [0.1, 0.15) is 18.5 Å². The van der Waals surface area contributed by atoms with Gasteiger partial charge in [-0.25, -0.2) is 4.39 Å². The Bertz CT molecular complexity index is 619. The number of hydrogen-bond acceptors (Lipinski definition) is 3. The molecule has 2 aromatic carbocycles. The Labute approximate surface area is 135 Å². The van der Waals surface area contributed by atoms with Gasteiger partial charge in [-0.2, -0.15) is 0 Å². The van der Waals surface area contributed by atoms with Crippen LogP contribution >= 0.6 is 0 Å². The summed E-state index contributed by atoms with van der Waals surface area (Å²) in [6.07, 6.45) is 0. The van der Waals surface area contributed by atoms with Crippen molar-refractivity contribution in [3.63, 3.8) is 0 Å². The van der Waals surface area contributed by atoms with Gasteiger partial charge in [-0.15, -0.1) is 0 Å². The molecule has 5 heteroatoms. The third-order valence-corrected chi connectivity index (χ3v) is 3.22. The molecule has 2 rings (SSSR count). The van der Waals surface area contributed by atoms with Crippen LogP contribution in [-0.2, 0) is 9.53 Å². The van der Waals surface area contributed by atoms with Gasteiger partial charge in [0.15, 0.2) is 0 Å². The van der Waals surface area contributed by atoms with Crippen molar-refractivity contribution in [2.45, 2.75) is 13.0 Å². The molecule has 0 fully saturated rings. The predicted octanol–water partition coefficient (Wildman–Crippen LogP) is 3.10. The first-order valence-electron chi connectivity index (χ1n) is 7.46. The van der Waals surface area contributed by atoms with E-state index in [4.69, 9.17) is 9.47 Å². The molecule has 1 atom stereocenters. The molecule has 1 N–H and O–H groups in total. The molecule has 0 spiro atoms. The molecule has 0 saturated carbocycles. The van der Waals surface area contributed by atoms with E-state index in [0.717, 1.165) is 5.75 Å². The third-order valence-electron chi connectivity index (χ3n) is 3.22. The summed E-state index contributed by atoms with van der Waals surface area (Å²) in [4.78, 5) is 11.8. The molecule has 0 radical (unpaired) electrons. The second-order valence-corrected chi connectivity index (χ2v) is 5.02. The third kappa shape index (κ3) is 5.71. The zero-order valence-electron chi connectivity index (χ0n) is 13.0. The van der Waals surface area contributed by atoms with Crippen molar-refractivity contribution >= 4 is 5.91 Å². The summed E-state index contributed by atoms with van der Waals surface area (Å²) in [5.74, 6) is 0.131. The molecule has 122 valence electrons. The maximum atomic E-state index is 13.6. The highest BCUT2D eigenvalue weighted by atomic mass is 19.1. The summed E-state index contributed by atoms with van der Waals surface area (Å²) < 4.78 is 24.3. The van der Waals surface area contributed by atoms with Gasteiger partial charge in [0.1, 0.15) is 24.8 Å². The highest BCUT2D eigenvalue weighted by Gasteiger charge is 2.12. The molecular formula is C18H20FNO3. The Morgan fingerprint density at radius 2 is 1.78 bits per heavy atom. The van der Waals surface area contributed by atoms with Crippen molar-refractivity contribution in [3.05, 3.63) is 66.0 Å². The maximum Gasteiger partial charge on any atom is 0.246 e. The van der Waals surface area contributed by atoms with Crippen molar-refractivity contribution in [3.8, 4) is 5.75 Å². The minimum absolute atomic E-state index is 0.0864. The molecule has 0 aliphatic heterocycles. The Morgan fingerprint density at radius 3 is 2.52 bits per heavy atom. The number of para-hydroxylation sites is 1. The molecule has 23 heavy (non-hydrogen) atoms. The zero-order valence-corrected chi connectivity index (χ0v) is 13.0. The summed E-state index contributed by atoms with van der Waals surface area (Å²) in [7, 11) is 0. The van der Waals surface area contributed by atoms with E-state index in [1.807, 2.05) is 30.3 Å². The molecule has 0 heterocycles. The molecule has 0 bridgehead atoms. The fourth-order valence-electron chi connectivity index (χ4n) is 2.09. The van der Waals surface area contributed by atoms with Gasteiger partial charge in [0.05, 0.1) is 12.6 Å². The Morgan fingerprint density at radius 1 is 1.09 bits per heavy atom. The van der Waals surface area contributed by atoms with Crippen LogP contribution in [0.25, 0.3) is 0 Å². The molecular weight excluding hydrogens is 297 g/mol. The average molecular weight is 317 g/mol. The normalized spacial score (nSPS) is 11.7. The first-order chi connectivity index (χ1) is 11.2. The second-order valence-electron chi connectivity index (χ2n) is 5.02. The minimum Gasteiger partial charge on any atom is -0.491 e. The summed E-state index contributed by atoms with van der Waals surface area (Å²) >= 11 is 0. The number of carbonyl (C=O) groups excluding carboxylic acids is 1. The minimum atomic E-state index is -0.409. The monoisotopic (exact) mass is 317 g/mol. The lowest BCUT2D eigenvalue weighted by molar-refractivity contribution is -0.126. The van der Waals surface area contributed by atoms with Crippen molar-refractivity contribution in [1.29, 1.82) is 0 Å². The SMILES string of the molecule is C[C@@H](NC(=O)COCCOc1ccccc1)c1ccccc1F. The van der Waals surface area contributed by atoms with Crippen molar-refractivity contribution in [1.82, 2.24) is 5.32 Å². The Kier molecular flexibility index (Phi) is 6.56. The molecule has 1 amide bonds. The zero-order chi connectivity index (χ0) is 16.5. The second kappa shape index (κ2) is 8.90. The van der Waals surface area contributed by atoms with Crippen molar-refractivity contribution in [2.75, 3.05) is 19.8 Å². The van der Waals surface area contributed by atoms with E-state index in [1.54, 1.807) is 25.1 Å². The van der Waals surface area contributed by atoms with Crippen LogP contribution in [0.3, 0.4) is 0 Å². The number of benzene rings is 2. The number of amides is 1. The molecule has 0 aliphatic rings. The lowest BCUT2D eigenvalue weighted by Crippen LogP contribution is -2.31. The van der Waals surface area contributed by atoms with Gasteiger partial charge >= 0.3 is 0 Å². The average Bonchev–Trinajstić information content (AvgIpc) is 2.56. The molecule has 2 aromatic rings. The van der Waals surface area contributed by atoms with Gasteiger partial charge in [0.2, 0.25) is 5.91 Å². The van der Waals surface area contributed by atoms with E-state index in [-0.39, 0.29) is 18.3 Å². The number of carbonyl (C=O) groups is 1. The highest BCUT2D eigenvalue weighted by Crippen LogP contribution is 2.15. The van der Waals surface area contributed by atoms with Crippen LogP contribution in [-0.4, -0.2) is 25.7 Å². The fourth-order valence-corrected chi connectivity index (χ4v) is 2.09. The van der Waals surface area contributed by atoms with Crippen LogP contribution in [0.15, 0.2) is 54.6 Å². The van der Waals surface area contributed by atoms with E-state index >= 15 is 0 Å². The maximum absolute atomic E-state index is 13.6. The summed E-state index contributed by atoms with van der Waals surface area (Å²) in [5.41, 5.74) is 0.452. The van der Waals surface area contributed by atoms with E-state index in [1.165, 1.54) is 6.07 Å². The molecule has 0 unspecified atom stereocenters. The number of ether oxygens (including phenoxy) is 2. The lowest BCUT2D eigenvalue weighted by Gasteiger charge is -2.15. The number of nitrogens with one attached hydrogen (secondary N) is 1. The standard InChI is InChI=1S/C18H20FNO3/c1-14(16-9-5-6-10-17(16)19)20-18(21)13-22-11-12-23-15-7-3-2-4-8-15/h2-10,14H,11-13H2,1H3,(H,20,21)/t14-/m1/s1. The topological polar surface area (TPSA) is 47.6 Å². The Hall–Kier alpha value is -2.40. The van der Waals surface area contributed by atoms with Crippen molar-refractivity contribution < 1.29 is 18.7 Å². The van der Waals surface area contributed by atoms with Crippen LogP contribution < -0.4 is 10.1 Å². The number of hydrogen-bond donors (Lipinski definition) is 1.